The van der Waals surface area contributed by atoms with Gasteiger partial charge in [0.25, 0.3) is 0 Å². The first-order chi connectivity index (χ1) is 8.11. The van der Waals surface area contributed by atoms with E-state index in [0.717, 1.165) is 24.2 Å². The van der Waals surface area contributed by atoms with E-state index in [4.69, 9.17) is 35.8 Å². The fraction of sp³-hybridized carbons (Fsp3) is 0.462. The molecule has 0 heterocycles. The van der Waals surface area contributed by atoms with E-state index in [1.165, 1.54) is 0 Å². The predicted octanol–water partition coefficient (Wildman–Crippen LogP) is 3.59. The van der Waals surface area contributed by atoms with E-state index >= 15 is 0 Å². The minimum atomic E-state index is -0.0384. The Kier molecular flexibility index (Phi) is 7.03. The third-order valence-electron chi connectivity index (χ3n) is 3.36. The Labute approximate surface area is 145 Å². The molecule has 0 aliphatic heterocycles. The molecule has 4 unspecified atom stereocenters. The third-order valence-corrected chi connectivity index (χ3v) is 4.33. The largest absolute Gasteiger partial charge is 0.665 e. The van der Waals surface area contributed by atoms with Crippen molar-refractivity contribution in [2.45, 2.75) is 29.4 Å². The second-order valence-corrected chi connectivity index (χ2v) is 5.63. The van der Waals surface area contributed by atoms with Crippen molar-refractivity contribution < 1.29 is 37.4 Å². The van der Waals surface area contributed by atoms with E-state index in [1.54, 1.807) is 0 Å². The van der Waals surface area contributed by atoms with Crippen LogP contribution in [0.3, 0.4) is 0 Å². The van der Waals surface area contributed by atoms with Crippen LogP contribution >= 0.6 is 23.2 Å². The van der Waals surface area contributed by atoms with Crippen LogP contribution in [0.15, 0.2) is 24.3 Å². The van der Waals surface area contributed by atoms with Gasteiger partial charge >= 0.3 is 0 Å². The molecule has 0 amide bonds. The molecule has 0 bridgehead atoms. The van der Waals surface area contributed by atoms with Crippen LogP contribution in [0, 0.1) is 13.0 Å². The Hall–Kier alpha value is 0.769. The molecule has 1 aromatic rings. The summed E-state index contributed by atoms with van der Waals surface area (Å²) in [6, 6.07) is 7.82. The molecule has 18 heavy (non-hydrogen) atoms. The van der Waals surface area contributed by atoms with Gasteiger partial charge in [-0.15, -0.1) is 23.2 Å². The van der Waals surface area contributed by atoms with Crippen molar-refractivity contribution in [3.05, 3.63) is 36.9 Å². The van der Waals surface area contributed by atoms with Gasteiger partial charge < -0.3 is 4.74 Å². The Morgan fingerprint density at radius 1 is 1.33 bits per heavy atom. The van der Waals surface area contributed by atoms with Gasteiger partial charge in [-0.25, -0.2) is 0 Å². The van der Waals surface area contributed by atoms with Crippen LogP contribution in [0.5, 0.6) is 5.75 Å². The maximum Gasteiger partial charge on any atom is 0.0845 e. The second-order valence-electron chi connectivity index (χ2n) is 4.50. The number of hydrogen-bond acceptors (Lipinski definition) is 1. The molecule has 1 aromatic carbocycles. The zero-order chi connectivity index (χ0) is 12.4. The first-order valence-corrected chi connectivity index (χ1v) is 6.54. The molecule has 0 saturated heterocycles. The summed E-state index contributed by atoms with van der Waals surface area (Å²) in [5.74, 6) is 0.935. The van der Waals surface area contributed by atoms with Gasteiger partial charge in [0.05, 0.1) is 13.6 Å². The van der Waals surface area contributed by atoms with Crippen LogP contribution in [-0.2, 0) is 39.1 Å². The van der Waals surface area contributed by atoms with E-state index in [1.807, 2.05) is 24.3 Å². The second kappa shape index (κ2) is 7.52. The summed E-state index contributed by atoms with van der Waals surface area (Å²) in [6.07, 6.45) is 1.61. The van der Waals surface area contributed by atoms with Crippen LogP contribution in [-0.4, -0.2) is 18.6 Å². The van der Waals surface area contributed by atoms with Crippen LogP contribution < -0.4 is 4.74 Å². The molecule has 1 nitrogen and oxygen atoms in total. The quantitative estimate of drug-likeness (QED) is 0.457. The third kappa shape index (κ3) is 3.88. The zero-order valence-electron chi connectivity index (χ0n) is 10.1. The number of hydrogen-bond donors (Lipinski definition) is 0. The first-order valence-electron chi connectivity index (χ1n) is 5.66. The van der Waals surface area contributed by atoms with Crippen LogP contribution in [0.4, 0.5) is 0 Å². The minimum Gasteiger partial charge on any atom is -0.665 e. The van der Waals surface area contributed by atoms with Gasteiger partial charge in [-0.05, 0) is 36.5 Å². The summed E-state index contributed by atoms with van der Waals surface area (Å²) in [5, 5.41) is 0.0339. The molecule has 0 N–H and O–H groups in total. The molecule has 4 atom stereocenters. The molecule has 1 saturated carbocycles. The molecule has 5 heteroatoms. The van der Waals surface area contributed by atoms with Gasteiger partial charge in [-0.2, -0.15) is 7.11 Å². The Bertz CT molecular complexity index is 391. The molecule has 0 spiro atoms. The summed E-state index contributed by atoms with van der Waals surface area (Å²) < 4.78 is 4.95. The first kappa shape index (κ1) is 16.8. The molecule has 1 aliphatic rings. The molecule has 2 rings (SSSR count). The van der Waals surface area contributed by atoms with Gasteiger partial charge in [0.2, 0.25) is 0 Å². The average Bonchev–Trinajstić information content (AvgIpc) is 2.56. The zero-order valence-corrected chi connectivity index (χ0v) is 14.4. The number of alkyl halides is 2. The van der Waals surface area contributed by atoms with E-state index < -0.39 is 0 Å². The van der Waals surface area contributed by atoms with Crippen LogP contribution in [0.2, 0.25) is 5.82 Å². The van der Waals surface area contributed by atoms with Crippen molar-refractivity contribution in [1.82, 2.24) is 0 Å². The maximum atomic E-state index is 6.28. The fourth-order valence-corrected chi connectivity index (χ4v) is 3.27. The van der Waals surface area contributed by atoms with Gasteiger partial charge in [0, 0.05) is 43.5 Å². The number of rotatable bonds is 3. The monoisotopic (exact) mass is 356 g/mol. The van der Waals surface area contributed by atoms with Gasteiger partial charge in [-0.3, -0.25) is 0 Å². The number of ether oxygens (including phenoxy) is 1. The molecular formula is C13H14BCl2OY-. The smallest absolute Gasteiger partial charge is 0.0845 e. The molecular weight excluding hydrogens is 343 g/mol. The van der Waals surface area contributed by atoms with Crippen LogP contribution in [0.25, 0.3) is 0 Å². The van der Waals surface area contributed by atoms with Crippen molar-refractivity contribution in [2.75, 3.05) is 0 Å². The number of halogens is 2. The Morgan fingerprint density at radius 3 is 2.61 bits per heavy atom. The molecule has 93 valence electrons. The van der Waals surface area contributed by atoms with Crippen molar-refractivity contribution in [1.29, 1.82) is 0 Å². The van der Waals surface area contributed by atoms with Gasteiger partial charge in [-0.1, -0.05) is 17.9 Å². The van der Waals surface area contributed by atoms with E-state index in [9.17, 15) is 0 Å². The normalized spacial score (nSPS) is 30.8. The van der Waals surface area contributed by atoms with Crippen LogP contribution in [0.1, 0.15) is 12.0 Å². The summed E-state index contributed by atoms with van der Waals surface area (Å²) in [4.78, 5) is 0. The average molecular weight is 357 g/mol. The van der Waals surface area contributed by atoms with E-state index in [0.29, 0.717) is 0 Å². The summed E-state index contributed by atoms with van der Waals surface area (Å²) in [6.45, 7) is 0. The molecule has 0 aromatic heterocycles. The van der Waals surface area contributed by atoms with Crippen molar-refractivity contribution in [2.24, 2.45) is 5.92 Å². The SMILES string of the molecule is [B]C1C(Cl)CC(Cl)C1Cc1cccc(O[CH2-])c1.[Y]. The van der Waals surface area contributed by atoms with Crippen molar-refractivity contribution in [3.8, 4) is 5.75 Å². The van der Waals surface area contributed by atoms with Crippen molar-refractivity contribution >= 4 is 31.0 Å². The fourth-order valence-electron chi connectivity index (χ4n) is 2.35. The molecule has 3 radical (unpaired) electrons. The minimum absolute atomic E-state index is 0. The summed E-state index contributed by atoms with van der Waals surface area (Å²) in [5.41, 5.74) is 1.16. The van der Waals surface area contributed by atoms with Crippen molar-refractivity contribution in [3.63, 3.8) is 0 Å². The van der Waals surface area contributed by atoms with E-state index in [2.05, 4.69) is 7.11 Å². The maximum absolute atomic E-state index is 6.28. The standard InChI is InChI=1S/C13H14BCl2O.Y/c1-17-9-4-2-3-8(5-9)6-10-11(15)7-12(16)13(10)14;/h2-5,10-13H,1,6-7H2;/q-1;. The van der Waals surface area contributed by atoms with Gasteiger partial charge in [0.15, 0.2) is 0 Å². The summed E-state index contributed by atoms with van der Waals surface area (Å²) in [7, 11) is 9.47. The Morgan fingerprint density at radius 2 is 2.06 bits per heavy atom. The molecule has 1 fully saturated rings. The summed E-state index contributed by atoms with van der Waals surface area (Å²) >= 11 is 12.4. The molecule has 1 aliphatic carbocycles. The Balaban J connectivity index is 0.00000162. The van der Waals surface area contributed by atoms with E-state index in [-0.39, 0.29) is 55.2 Å². The topological polar surface area (TPSA) is 9.23 Å². The number of benzene rings is 1. The van der Waals surface area contributed by atoms with Gasteiger partial charge in [0.1, 0.15) is 0 Å². The predicted molar refractivity (Wildman–Crippen MR) is 73.0 cm³/mol.